The number of hydrogen-bond acceptors (Lipinski definition) is 3. The molecule has 0 fully saturated rings. The molecule has 0 radical (unpaired) electrons. The summed E-state index contributed by atoms with van der Waals surface area (Å²) in [4.78, 5) is 10.8. The van der Waals surface area contributed by atoms with Gasteiger partial charge in [0.1, 0.15) is 6.54 Å². The Balaban J connectivity index is 1.55. The van der Waals surface area contributed by atoms with Crippen LogP contribution < -0.4 is 0 Å². The molecule has 5 rings (SSSR count). The number of rotatable bonds is 10. The Kier molecular flexibility index (Phi) is 7.42. The molecule has 8 heteroatoms. The summed E-state index contributed by atoms with van der Waals surface area (Å²) < 4.78 is 38.0. The average molecular weight is 560 g/mol. The maximum atomic E-state index is 11.9. The topological polar surface area (TPSA) is 99.6 Å². The van der Waals surface area contributed by atoms with Crippen LogP contribution in [0.4, 0.5) is 5.69 Å². The fourth-order valence-electron chi connectivity index (χ4n) is 5.97. The zero-order valence-corrected chi connectivity index (χ0v) is 23.9. The highest BCUT2D eigenvalue weighted by Gasteiger charge is 2.44. The van der Waals surface area contributed by atoms with E-state index in [2.05, 4.69) is 84.5 Å². The van der Waals surface area contributed by atoms with Crippen LogP contribution in [0.15, 0.2) is 71.6 Å². The second kappa shape index (κ2) is 10.7. The van der Waals surface area contributed by atoms with Gasteiger partial charge in [0, 0.05) is 58.9 Å². The van der Waals surface area contributed by atoms with E-state index in [0.29, 0.717) is 13.0 Å². The maximum absolute atomic E-state index is 11.9. The minimum Gasteiger partial charge on any atom is -0.481 e. The zero-order chi connectivity index (χ0) is 28.7. The second-order valence-corrected chi connectivity index (χ2v) is 12.3. The fourth-order valence-corrected chi connectivity index (χ4v) is 6.48. The number of allylic oxidation sites excluding steroid dienone is 1. The van der Waals surface area contributed by atoms with Crippen LogP contribution in [-0.4, -0.2) is 45.4 Å². The Morgan fingerprint density at radius 2 is 1.70 bits per heavy atom. The zero-order valence-electron chi connectivity index (χ0n) is 23.1. The van der Waals surface area contributed by atoms with Gasteiger partial charge in [-0.15, -0.1) is 0 Å². The summed E-state index contributed by atoms with van der Waals surface area (Å²) in [5.41, 5.74) is 5.70. The molecule has 2 heterocycles. The van der Waals surface area contributed by atoms with Crippen LogP contribution in [0.1, 0.15) is 57.6 Å². The van der Waals surface area contributed by atoms with Crippen LogP contribution in [0, 0.1) is 0 Å². The van der Waals surface area contributed by atoms with Crippen molar-refractivity contribution in [1.82, 2.24) is 4.57 Å². The minimum absolute atomic E-state index is 0.122. The van der Waals surface area contributed by atoms with E-state index in [0.717, 1.165) is 41.9 Å². The molecule has 1 aromatic heterocycles. The summed E-state index contributed by atoms with van der Waals surface area (Å²) in [6, 6.07) is 19.7. The lowest BCUT2D eigenvalue weighted by atomic mass is 9.81. The van der Waals surface area contributed by atoms with E-state index in [9.17, 15) is 17.8 Å². The van der Waals surface area contributed by atoms with E-state index >= 15 is 0 Å². The Morgan fingerprint density at radius 3 is 2.42 bits per heavy atom. The summed E-state index contributed by atoms with van der Waals surface area (Å²) in [5, 5.41) is 11.4. The molecule has 0 saturated heterocycles. The first kappa shape index (κ1) is 27.8. The number of aryl methyl sites for hydroxylation is 1. The summed E-state index contributed by atoms with van der Waals surface area (Å²) in [6.45, 7) is 7.82. The van der Waals surface area contributed by atoms with Crippen molar-refractivity contribution in [1.29, 1.82) is 0 Å². The number of aromatic nitrogens is 1. The maximum Gasteiger partial charge on any atom is 0.303 e. The van der Waals surface area contributed by atoms with E-state index in [1.165, 1.54) is 27.9 Å². The Bertz CT molecular complexity index is 1790. The molecule has 0 atom stereocenters. The SMILES string of the molecule is CCn1c2ccccc2c2cc(/C=C/C3=[N+](CCCCCC(=O)O)c4ccc(S(=O)(=O)O)cc4C3(C)C)ccc21. The minimum atomic E-state index is -4.34. The number of benzene rings is 3. The molecule has 0 spiro atoms. The lowest BCUT2D eigenvalue weighted by Crippen LogP contribution is -2.28. The largest absolute Gasteiger partial charge is 0.481 e. The average Bonchev–Trinajstić information content (AvgIpc) is 3.34. The van der Waals surface area contributed by atoms with E-state index in [4.69, 9.17) is 5.11 Å². The van der Waals surface area contributed by atoms with Gasteiger partial charge in [-0.1, -0.05) is 24.3 Å². The van der Waals surface area contributed by atoms with Crippen molar-refractivity contribution in [3.05, 3.63) is 77.9 Å². The van der Waals surface area contributed by atoms with E-state index in [1.807, 2.05) is 0 Å². The van der Waals surface area contributed by atoms with Gasteiger partial charge in [-0.25, -0.2) is 0 Å². The van der Waals surface area contributed by atoms with Crippen molar-refractivity contribution in [3.63, 3.8) is 0 Å². The summed E-state index contributed by atoms with van der Waals surface area (Å²) in [6.07, 6.45) is 6.52. The number of hydrogen-bond donors (Lipinski definition) is 2. The first-order chi connectivity index (χ1) is 19.0. The highest BCUT2D eigenvalue weighted by Crippen LogP contribution is 2.41. The van der Waals surface area contributed by atoms with Crippen molar-refractivity contribution in [3.8, 4) is 0 Å². The van der Waals surface area contributed by atoms with Gasteiger partial charge in [0.2, 0.25) is 5.69 Å². The molecule has 0 bridgehead atoms. The molecule has 0 saturated carbocycles. The third kappa shape index (κ3) is 5.09. The molecule has 208 valence electrons. The van der Waals surface area contributed by atoms with Crippen molar-refractivity contribution in [2.45, 2.75) is 63.3 Å². The number of unbranched alkanes of at least 4 members (excludes halogenated alkanes) is 2. The van der Waals surface area contributed by atoms with Crippen molar-refractivity contribution in [2.24, 2.45) is 0 Å². The lowest BCUT2D eigenvalue weighted by molar-refractivity contribution is -0.438. The standard InChI is InChI=1S/C32H34N2O5S/c1-4-33-27-11-8-7-10-24(27)25-20-22(13-16-28(25)33)14-18-30-32(2,3)26-21-23(40(37,38)39)15-17-29(26)34(30)19-9-5-6-12-31(35)36/h7-8,10-11,13-18,20-21H,4-6,9,12,19H2,1-3H3,(H-,35,36,37,38,39)/p+1. The van der Waals surface area contributed by atoms with Crippen LogP contribution in [0.2, 0.25) is 0 Å². The van der Waals surface area contributed by atoms with E-state index in [-0.39, 0.29) is 11.3 Å². The molecule has 0 amide bonds. The number of carboxylic acids is 1. The summed E-state index contributed by atoms with van der Waals surface area (Å²) in [7, 11) is -4.34. The highest BCUT2D eigenvalue weighted by atomic mass is 32.2. The number of carboxylic acid groups (broad SMARTS) is 1. The van der Waals surface area contributed by atoms with Crippen molar-refractivity contribution >= 4 is 55.4 Å². The van der Waals surface area contributed by atoms with Crippen LogP contribution >= 0.6 is 0 Å². The van der Waals surface area contributed by atoms with Crippen LogP contribution in [0.5, 0.6) is 0 Å². The van der Waals surface area contributed by atoms with Gasteiger partial charge < -0.3 is 9.67 Å². The van der Waals surface area contributed by atoms with Crippen molar-refractivity contribution in [2.75, 3.05) is 6.54 Å². The van der Waals surface area contributed by atoms with Gasteiger partial charge in [-0.05, 0) is 75.6 Å². The van der Waals surface area contributed by atoms with Gasteiger partial charge in [0.15, 0.2) is 5.71 Å². The van der Waals surface area contributed by atoms with E-state index < -0.39 is 21.5 Å². The third-order valence-electron chi connectivity index (χ3n) is 7.98. The molecule has 4 aromatic rings. The molecule has 2 N–H and O–H groups in total. The summed E-state index contributed by atoms with van der Waals surface area (Å²) >= 11 is 0. The molecule has 1 aliphatic rings. The lowest BCUT2D eigenvalue weighted by Gasteiger charge is -2.16. The van der Waals surface area contributed by atoms with E-state index in [1.54, 1.807) is 12.1 Å². The molecular formula is C32H35N2O5S+. The van der Waals surface area contributed by atoms with Crippen molar-refractivity contribution < 1.29 is 27.4 Å². The normalized spacial score (nSPS) is 15.0. The first-order valence-corrected chi connectivity index (χ1v) is 15.1. The Morgan fingerprint density at radius 1 is 0.950 bits per heavy atom. The van der Waals surface area contributed by atoms with Gasteiger partial charge in [0.05, 0.1) is 10.3 Å². The van der Waals surface area contributed by atoms with Crippen LogP contribution in [0.25, 0.3) is 27.9 Å². The predicted molar refractivity (Wildman–Crippen MR) is 159 cm³/mol. The number of aliphatic carboxylic acids is 1. The number of nitrogens with zero attached hydrogens (tertiary/aromatic N) is 2. The van der Waals surface area contributed by atoms with Crippen LogP contribution in [0.3, 0.4) is 0 Å². The third-order valence-corrected chi connectivity index (χ3v) is 8.83. The predicted octanol–water partition coefficient (Wildman–Crippen LogP) is 6.80. The molecule has 1 aliphatic heterocycles. The number of carbonyl (C=O) groups is 1. The smallest absolute Gasteiger partial charge is 0.303 e. The molecule has 0 aliphatic carbocycles. The van der Waals surface area contributed by atoms with Crippen LogP contribution in [-0.2, 0) is 26.9 Å². The second-order valence-electron chi connectivity index (χ2n) is 10.9. The molecular weight excluding hydrogens is 524 g/mol. The molecule has 7 nitrogen and oxygen atoms in total. The van der Waals surface area contributed by atoms with Gasteiger partial charge in [-0.2, -0.15) is 13.0 Å². The fraction of sp³-hybridized carbons (Fsp3) is 0.312. The Labute approximate surface area is 234 Å². The number of fused-ring (bicyclic) bond motifs is 4. The Hall–Kier alpha value is -3.75. The molecule has 3 aromatic carbocycles. The molecule has 0 unspecified atom stereocenters. The molecule has 40 heavy (non-hydrogen) atoms. The number of para-hydroxylation sites is 1. The first-order valence-electron chi connectivity index (χ1n) is 13.7. The van der Waals surface area contributed by atoms with Gasteiger partial charge >= 0.3 is 5.97 Å². The van der Waals surface area contributed by atoms with Gasteiger partial charge in [-0.3, -0.25) is 9.35 Å². The van der Waals surface area contributed by atoms with Gasteiger partial charge in [0.25, 0.3) is 10.1 Å². The quantitative estimate of drug-likeness (QED) is 0.127. The highest BCUT2D eigenvalue weighted by molar-refractivity contribution is 7.85. The monoisotopic (exact) mass is 559 g/mol. The summed E-state index contributed by atoms with van der Waals surface area (Å²) in [5.74, 6) is -0.792.